The van der Waals surface area contributed by atoms with E-state index in [1.165, 1.54) is 0 Å². The molecule has 0 bridgehead atoms. The first kappa shape index (κ1) is 12.0. The third kappa shape index (κ3) is 2.82. The van der Waals surface area contributed by atoms with Crippen LogP contribution in [0.25, 0.3) is 0 Å². The molecule has 1 aliphatic rings. The molecule has 92 valence electrons. The SMILES string of the molecule is Cc1ccnc(N)c1C(=O)CC1CCNCC1. The molecule has 2 rings (SSSR count). The summed E-state index contributed by atoms with van der Waals surface area (Å²) in [6, 6.07) is 1.84. The first-order valence-electron chi connectivity index (χ1n) is 6.13. The van der Waals surface area contributed by atoms with Crippen LogP contribution in [0, 0.1) is 12.8 Å². The summed E-state index contributed by atoms with van der Waals surface area (Å²) in [4.78, 5) is 16.2. The molecule has 3 N–H and O–H groups in total. The molecule has 1 aliphatic heterocycles. The van der Waals surface area contributed by atoms with Crippen LogP contribution in [-0.2, 0) is 0 Å². The van der Waals surface area contributed by atoms with Crippen molar-refractivity contribution in [1.82, 2.24) is 10.3 Å². The molecule has 0 amide bonds. The summed E-state index contributed by atoms with van der Waals surface area (Å²) in [5.41, 5.74) is 7.33. The number of nitrogens with two attached hydrogens (primary N) is 1. The number of nitrogens with one attached hydrogen (secondary N) is 1. The van der Waals surface area contributed by atoms with Crippen molar-refractivity contribution in [1.29, 1.82) is 0 Å². The molecule has 0 aromatic carbocycles. The maximum atomic E-state index is 12.2. The Morgan fingerprint density at radius 2 is 2.24 bits per heavy atom. The van der Waals surface area contributed by atoms with E-state index < -0.39 is 0 Å². The van der Waals surface area contributed by atoms with Crippen molar-refractivity contribution in [2.75, 3.05) is 18.8 Å². The number of pyridine rings is 1. The van der Waals surface area contributed by atoms with Gasteiger partial charge in [0.15, 0.2) is 5.78 Å². The average Bonchev–Trinajstić information content (AvgIpc) is 2.30. The highest BCUT2D eigenvalue weighted by molar-refractivity contribution is 6.01. The predicted octanol–water partition coefficient (Wildman–Crippen LogP) is 1.54. The van der Waals surface area contributed by atoms with Gasteiger partial charge in [0.1, 0.15) is 5.82 Å². The number of anilines is 1. The lowest BCUT2D eigenvalue weighted by molar-refractivity contribution is 0.0952. The number of hydrogen-bond acceptors (Lipinski definition) is 4. The van der Waals surface area contributed by atoms with Gasteiger partial charge in [0, 0.05) is 12.6 Å². The Morgan fingerprint density at radius 3 is 2.88 bits per heavy atom. The molecule has 1 aromatic heterocycles. The maximum Gasteiger partial charge on any atom is 0.167 e. The van der Waals surface area contributed by atoms with Gasteiger partial charge in [0.25, 0.3) is 0 Å². The van der Waals surface area contributed by atoms with Crippen LogP contribution in [0.1, 0.15) is 35.2 Å². The first-order chi connectivity index (χ1) is 8.18. The van der Waals surface area contributed by atoms with E-state index in [1.54, 1.807) is 6.20 Å². The van der Waals surface area contributed by atoms with Crippen molar-refractivity contribution < 1.29 is 4.79 Å². The number of nitrogen functional groups attached to an aromatic ring is 1. The predicted molar refractivity (Wildman–Crippen MR) is 67.9 cm³/mol. The second-order valence-electron chi connectivity index (χ2n) is 4.71. The molecule has 0 radical (unpaired) electrons. The van der Waals surface area contributed by atoms with Gasteiger partial charge in [-0.15, -0.1) is 0 Å². The van der Waals surface area contributed by atoms with Crippen LogP contribution in [0.4, 0.5) is 5.82 Å². The van der Waals surface area contributed by atoms with Gasteiger partial charge in [-0.1, -0.05) is 0 Å². The fourth-order valence-corrected chi connectivity index (χ4v) is 2.39. The van der Waals surface area contributed by atoms with Crippen molar-refractivity contribution in [3.8, 4) is 0 Å². The number of hydrogen-bond donors (Lipinski definition) is 2. The molecule has 0 saturated carbocycles. The topological polar surface area (TPSA) is 68.0 Å². The molecular formula is C13H19N3O. The lowest BCUT2D eigenvalue weighted by Crippen LogP contribution is -2.29. The van der Waals surface area contributed by atoms with Crippen LogP contribution < -0.4 is 11.1 Å². The number of Topliss-reactive ketones (excluding diaryl/α,β-unsaturated/α-hetero) is 1. The van der Waals surface area contributed by atoms with Gasteiger partial charge in [-0.05, 0) is 50.4 Å². The van der Waals surface area contributed by atoms with Crippen LogP contribution in [0.2, 0.25) is 0 Å². The summed E-state index contributed by atoms with van der Waals surface area (Å²) in [5, 5.41) is 3.30. The number of ketones is 1. The summed E-state index contributed by atoms with van der Waals surface area (Å²) < 4.78 is 0. The number of carbonyl (C=O) groups excluding carboxylic acids is 1. The van der Waals surface area contributed by atoms with E-state index in [-0.39, 0.29) is 5.78 Å². The minimum absolute atomic E-state index is 0.139. The number of carbonyl (C=O) groups is 1. The highest BCUT2D eigenvalue weighted by Crippen LogP contribution is 2.22. The van der Waals surface area contributed by atoms with E-state index in [9.17, 15) is 4.79 Å². The molecule has 4 heteroatoms. The molecule has 1 saturated heterocycles. The van der Waals surface area contributed by atoms with E-state index >= 15 is 0 Å². The van der Waals surface area contributed by atoms with Gasteiger partial charge in [0.2, 0.25) is 0 Å². The zero-order valence-electron chi connectivity index (χ0n) is 10.2. The quantitative estimate of drug-likeness (QED) is 0.777. The number of rotatable bonds is 3. The lowest BCUT2D eigenvalue weighted by Gasteiger charge is -2.22. The lowest BCUT2D eigenvalue weighted by atomic mass is 9.90. The average molecular weight is 233 g/mol. The molecule has 1 aromatic rings. The van der Waals surface area contributed by atoms with Crippen molar-refractivity contribution in [3.63, 3.8) is 0 Å². The molecule has 1 fully saturated rings. The number of aryl methyl sites for hydroxylation is 1. The highest BCUT2D eigenvalue weighted by Gasteiger charge is 2.20. The van der Waals surface area contributed by atoms with Crippen molar-refractivity contribution >= 4 is 11.6 Å². The van der Waals surface area contributed by atoms with Crippen LogP contribution in [-0.4, -0.2) is 23.9 Å². The molecule has 0 unspecified atom stereocenters. The number of piperidine rings is 1. The Bertz CT molecular complexity index is 391. The summed E-state index contributed by atoms with van der Waals surface area (Å²) in [6.45, 7) is 3.94. The monoisotopic (exact) mass is 233 g/mol. The van der Waals surface area contributed by atoms with Crippen LogP contribution in [0.3, 0.4) is 0 Å². The Kier molecular flexibility index (Phi) is 3.74. The van der Waals surface area contributed by atoms with E-state index in [0.29, 0.717) is 23.7 Å². The van der Waals surface area contributed by atoms with Gasteiger partial charge < -0.3 is 11.1 Å². The number of aromatic nitrogens is 1. The minimum Gasteiger partial charge on any atom is -0.383 e. The molecule has 0 atom stereocenters. The zero-order chi connectivity index (χ0) is 12.3. The first-order valence-corrected chi connectivity index (χ1v) is 6.13. The minimum atomic E-state index is 0.139. The van der Waals surface area contributed by atoms with Crippen molar-refractivity contribution in [3.05, 3.63) is 23.4 Å². The largest absolute Gasteiger partial charge is 0.383 e. The van der Waals surface area contributed by atoms with Crippen LogP contribution in [0.5, 0.6) is 0 Å². The zero-order valence-corrected chi connectivity index (χ0v) is 10.2. The standard InChI is InChI=1S/C13H19N3O/c1-9-2-7-16-13(14)12(9)11(17)8-10-3-5-15-6-4-10/h2,7,10,15H,3-6,8H2,1H3,(H2,14,16). The summed E-state index contributed by atoms with van der Waals surface area (Å²) >= 11 is 0. The summed E-state index contributed by atoms with van der Waals surface area (Å²) in [5.74, 6) is 0.992. The molecule has 4 nitrogen and oxygen atoms in total. The summed E-state index contributed by atoms with van der Waals surface area (Å²) in [7, 11) is 0. The van der Waals surface area contributed by atoms with E-state index in [4.69, 9.17) is 5.73 Å². The fourth-order valence-electron chi connectivity index (χ4n) is 2.39. The Hall–Kier alpha value is -1.42. The van der Waals surface area contributed by atoms with Crippen molar-refractivity contribution in [2.24, 2.45) is 5.92 Å². The summed E-state index contributed by atoms with van der Waals surface area (Å²) in [6.07, 6.45) is 4.39. The second-order valence-corrected chi connectivity index (χ2v) is 4.71. The maximum absolute atomic E-state index is 12.2. The van der Waals surface area contributed by atoms with Gasteiger partial charge in [-0.3, -0.25) is 4.79 Å². The van der Waals surface area contributed by atoms with E-state index in [0.717, 1.165) is 31.5 Å². The molecule has 0 aliphatic carbocycles. The van der Waals surface area contributed by atoms with Gasteiger partial charge in [-0.2, -0.15) is 0 Å². The molecule has 2 heterocycles. The molecule has 0 spiro atoms. The Balaban J connectivity index is 2.08. The fraction of sp³-hybridized carbons (Fsp3) is 0.538. The van der Waals surface area contributed by atoms with Gasteiger partial charge in [0.05, 0.1) is 5.56 Å². The third-order valence-corrected chi connectivity index (χ3v) is 3.40. The van der Waals surface area contributed by atoms with Crippen molar-refractivity contribution in [2.45, 2.75) is 26.2 Å². The van der Waals surface area contributed by atoms with Gasteiger partial charge >= 0.3 is 0 Å². The van der Waals surface area contributed by atoms with E-state index in [1.807, 2.05) is 13.0 Å². The Labute approximate surface area is 102 Å². The second kappa shape index (κ2) is 5.27. The highest BCUT2D eigenvalue weighted by atomic mass is 16.1. The van der Waals surface area contributed by atoms with E-state index in [2.05, 4.69) is 10.3 Å². The normalized spacial score (nSPS) is 17.0. The molecular weight excluding hydrogens is 214 g/mol. The third-order valence-electron chi connectivity index (χ3n) is 3.40. The molecule has 17 heavy (non-hydrogen) atoms. The number of nitrogens with zero attached hydrogens (tertiary/aromatic N) is 1. The van der Waals surface area contributed by atoms with Gasteiger partial charge in [-0.25, -0.2) is 4.98 Å². The Morgan fingerprint density at radius 1 is 1.53 bits per heavy atom. The van der Waals surface area contributed by atoms with Crippen LogP contribution >= 0.6 is 0 Å². The van der Waals surface area contributed by atoms with Crippen LogP contribution in [0.15, 0.2) is 12.3 Å². The smallest absolute Gasteiger partial charge is 0.167 e.